The minimum absolute atomic E-state index is 0.0830. The molecular weight excluding hydrogens is 1870 g/mol. The molecule has 5 fully saturated rings. The zero-order valence-electron chi connectivity index (χ0n) is 84.7. The summed E-state index contributed by atoms with van der Waals surface area (Å²) in [5.41, 5.74) is 13.8. The maximum Gasteiger partial charge on any atom is 0.373 e. The van der Waals surface area contributed by atoms with Gasteiger partial charge in [-0.05, 0) is 317 Å². The maximum absolute atomic E-state index is 13.9. The van der Waals surface area contributed by atoms with Gasteiger partial charge in [-0.1, -0.05) is 143 Å². The van der Waals surface area contributed by atoms with Crippen molar-refractivity contribution in [2.75, 3.05) is 126 Å². The summed E-state index contributed by atoms with van der Waals surface area (Å²) in [6, 6.07) is 64.3. The summed E-state index contributed by atoms with van der Waals surface area (Å²) in [6.07, 6.45) is 8.47. The summed E-state index contributed by atoms with van der Waals surface area (Å²) < 4.78 is 124. The second kappa shape index (κ2) is 45.5. The van der Waals surface area contributed by atoms with E-state index < -0.39 is 30.1 Å². The second-order valence-corrected chi connectivity index (χ2v) is 50.8. The van der Waals surface area contributed by atoms with Crippen LogP contribution in [0.5, 0.6) is 17.2 Å². The van der Waals surface area contributed by atoms with Crippen LogP contribution in [0.15, 0.2) is 213 Å². The number of para-hydroxylation sites is 2. The molecular formula is C110H149BrN8O14S4. The van der Waals surface area contributed by atoms with Crippen LogP contribution in [0.4, 0.5) is 28.4 Å². The summed E-state index contributed by atoms with van der Waals surface area (Å²) >= 11 is 5.72. The van der Waals surface area contributed by atoms with E-state index in [1.54, 1.807) is 123 Å². The monoisotopic (exact) mass is 2010 g/mol. The van der Waals surface area contributed by atoms with Crippen LogP contribution >= 0.6 is 27.3 Å². The number of hydrogen-bond donors (Lipinski definition) is 2. The quantitative estimate of drug-likeness (QED) is 0.0375. The van der Waals surface area contributed by atoms with Gasteiger partial charge in [-0.15, -0.1) is 11.3 Å². The molecule has 6 heterocycles. The zero-order valence-corrected chi connectivity index (χ0v) is 89.5. The van der Waals surface area contributed by atoms with E-state index in [1.165, 1.54) is 63.5 Å². The van der Waals surface area contributed by atoms with Crippen LogP contribution in [0, 0.1) is 40.9 Å². The van der Waals surface area contributed by atoms with Crippen molar-refractivity contribution >= 4 is 91.9 Å². The molecule has 1 aromatic heterocycles. The molecule has 2 N–H and O–H groups in total. The molecule has 6 atom stereocenters. The molecule has 1 aliphatic carbocycles. The van der Waals surface area contributed by atoms with E-state index in [4.69, 9.17) is 38.0 Å². The predicted molar refractivity (Wildman–Crippen MR) is 558 cm³/mol. The van der Waals surface area contributed by atoms with Crippen LogP contribution < -0.4 is 39.5 Å². The maximum atomic E-state index is 13.9. The third kappa shape index (κ3) is 27.8. The Hall–Kier alpha value is -8.67. The zero-order chi connectivity index (χ0) is 99.5. The fraction of sp³-hybridized carbons (Fsp3) is 0.518. The largest absolute Gasteiger partial charge is 0.497 e. The molecule has 22 nitrogen and oxygen atoms in total. The fourth-order valence-corrected chi connectivity index (χ4v) is 27.4. The molecule has 0 radical (unpaired) electrons. The number of methoxy groups -OCH3 is 3. The standard InChI is InChI=1S/C48H65N3O4S2.C35H46BrN3O4S.C26H38N2O4S.CO2/c1-32(2)28-51(57(52,53)38-21-19-37(54-10)20-22-38)31-42-34(26-48(8,9)55-42)25-33-15-17-35(18-16-33)49-36-29-50(30-36)41-14-12-11-13-39(41)45-44(46(3,4)5)40-27-47(6,7)24-23-43(40)56-45;1-25(2)21-39(44(40,41)31-17-15-30(42-6)16-18-31)24-34-27(20-35(3,4)43-34)19-26-11-13-28(14-12-26)37(5)29-22-38(23-29)33-10-8-7-9-32(33)36;1-19(2)17-28(33(29,30)24-13-11-23(31-6)12-14-24)18-25-21(16-26(3,4)32-25)15-20-7-9-22(27-5)10-8-20;2-1-3/h11-22,32,34,36,42,49H,23-31H2,1-10H3;7-18,25,27,29,34H,19-24H2,1-6H3;7-14,19,21,25,27H,15-18H2,1-6H3;/t34-,42-;27-,34-;21-,25-;/m111./s1. The highest BCUT2D eigenvalue weighted by Gasteiger charge is 2.47. The summed E-state index contributed by atoms with van der Waals surface area (Å²) in [4.78, 5) is 27.5. The van der Waals surface area contributed by atoms with Crippen LogP contribution in [-0.4, -0.2) is 192 Å². The van der Waals surface area contributed by atoms with Gasteiger partial charge in [-0.25, -0.2) is 25.3 Å². The molecule has 9 aromatic rings. The van der Waals surface area contributed by atoms with Crippen LogP contribution in [-0.2, 0) is 91.4 Å². The van der Waals surface area contributed by atoms with Gasteiger partial charge in [0.15, 0.2) is 0 Å². The first kappa shape index (κ1) is 107. The third-order valence-electron chi connectivity index (χ3n) is 27.1. The average molecular weight is 2020 g/mol. The van der Waals surface area contributed by atoms with Crippen LogP contribution in [0.2, 0.25) is 0 Å². The molecule has 744 valence electrons. The highest BCUT2D eigenvalue weighted by atomic mass is 79.9. The molecule has 137 heavy (non-hydrogen) atoms. The number of likely N-dealkylation sites (N-methyl/N-ethyl adjacent to an activating group) is 1. The van der Waals surface area contributed by atoms with Gasteiger partial charge >= 0.3 is 6.15 Å². The van der Waals surface area contributed by atoms with Crippen LogP contribution in [0.1, 0.15) is 176 Å². The van der Waals surface area contributed by atoms with Crippen molar-refractivity contribution in [3.8, 4) is 27.7 Å². The molecule has 0 saturated carbocycles. The minimum atomic E-state index is -3.72. The number of carbonyl (C=O) groups excluding carboxylic acids is 2. The minimum Gasteiger partial charge on any atom is -0.497 e. The SMILES string of the molecule is CNc1ccc(C[C@@H]2CC(C)(C)O[C@@H]2CN(CC(C)C)S(=O)(=O)c2ccc(OC)cc2)cc1.COc1ccc(S(=O)(=O)N(CC(C)C)C[C@H]2OC(C)(C)C[C@H]2Cc2ccc(N(C)C3CN(c4ccccc4Br)C3)cc2)cc1.COc1ccc(S(=O)(=O)N(CC(C)C)C[C@H]2OC(C)(C)C[C@H]2Cc2ccc(NC3CN(c4ccccc4-c4sc5c(c4C(C)(C)C)CC(C)(C)CC5)C3)cc2)cc1.O=C=O. The van der Waals surface area contributed by atoms with E-state index in [2.05, 4.69) is 254 Å². The average Bonchev–Trinajstić information content (AvgIpc) is 1.59. The highest BCUT2D eigenvalue weighted by Crippen LogP contribution is 2.52. The Morgan fingerprint density at radius 2 is 0.854 bits per heavy atom. The van der Waals surface area contributed by atoms with Gasteiger partial charge in [0.25, 0.3) is 0 Å². The summed E-state index contributed by atoms with van der Waals surface area (Å²) in [5, 5.41) is 6.95. The van der Waals surface area contributed by atoms with Gasteiger partial charge < -0.3 is 53.8 Å². The lowest BCUT2D eigenvalue weighted by Gasteiger charge is -2.46. The highest BCUT2D eigenvalue weighted by molar-refractivity contribution is 9.10. The first-order valence-corrected chi connectivity index (χ1v) is 54.4. The Kier molecular flexibility index (Phi) is 35.6. The fourth-order valence-electron chi connectivity index (χ4n) is 20.4. The predicted octanol–water partition coefficient (Wildman–Crippen LogP) is 21.7. The first-order chi connectivity index (χ1) is 64.6. The molecule has 0 amide bonds. The molecule has 6 aliphatic rings. The number of fused-ring (bicyclic) bond motifs is 1. The number of anilines is 5. The number of nitrogens with zero attached hydrogens (tertiary/aromatic N) is 6. The van der Waals surface area contributed by atoms with Crippen molar-refractivity contribution in [3.63, 3.8) is 0 Å². The molecule has 0 spiro atoms. The van der Waals surface area contributed by atoms with E-state index in [-0.39, 0.29) is 96.9 Å². The van der Waals surface area contributed by atoms with Crippen LogP contribution in [0.25, 0.3) is 10.4 Å². The molecule has 27 heteroatoms. The third-order valence-corrected chi connectivity index (χ3v) is 34.6. The van der Waals surface area contributed by atoms with E-state index in [9.17, 15) is 25.3 Å². The number of halogens is 1. The topological polar surface area (TPSA) is 235 Å². The van der Waals surface area contributed by atoms with Crippen LogP contribution in [0.3, 0.4) is 0 Å². The number of sulfonamides is 3. The van der Waals surface area contributed by atoms with Gasteiger partial charge in [0, 0.05) is 122 Å². The molecule has 15 rings (SSSR count). The first-order valence-electron chi connectivity index (χ1n) is 48.5. The van der Waals surface area contributed by atoms with Crippen molar-refractivity contribution < 1.29 is 63.3 Å². The van der Waals surface area contributed by atoms with E-state index in [1.807, 2.05) is 52.1 Å². The lowest BCUT2D eigenvalue weighted by Crippen LogP contribution is -2.59. The van der Waals surface area contributed by atoms with Crippen molar-refractivity contribution in [2.45, 2.75) is 243 Å². The number of rotatable bonds is 35. The summed E-state index contributed by atoms with van der Waals surface area (Å²) in [7, 11) is -2.27. The number of hydrogen-bond acceptors (Lipinski definition) is 20. The number of benzene rings is 8. The lowest BCUT2D eigenvalue weighted by molar-refractivity contribution is -0.191. The smallest absolute Gasteiger partial charge is 0.373 e. The second-order valence-electron chi connectivity index (χ2n) is 43.0. The molecule has 0 unspecified atom stereocenters. The van der Waals surface area contributed by atoms with Gasteiger partial charge in [0.05, 0.1) is 88.9 Å². The number of ether oxygens (including phenoxy) is 6. The Morgan fingerprint density at radius 3 is 1.22 bits per heavy atom. The van der Waals surface area contributed by atoms with Crippen molar-refractivity contribution in [1.29, 1.82) is 0 Å². The van der Waals surface area contributed by atoms with Gasteiger partial charge in [0.2, 0.25) is 30.1 Å². The van der Waals surface area contributed by atoms with Gasteiger partial charge in [-0.3, -0.25) is 0 Å². The van der Waals surface area contributed by atoms with E-state index in [0.717, 1.165) is 80.6 Å². The molecule has 0 bridgehead atoms. The number of nitrogens with one attached hydrogen (secondary N) is 2. The number of thiophene rings is 1. The summed E-state index contributed by atoms with van der Waals surface area (Å²) in [6.45, 7) is 43.2. The molecule has 5 saturated heterocycles. The van der Waals surface area contributed by atoms with Crippen molar-refractivity contribution in [1.82, 2.24) is 12.9 Å². The molecule has 8 aromatic carbocycles. The lowest BCUT2D eigenvalue weighted by atomic mass is 9.72. The summed E-state index contributed by atoms with van der Waals surface area (Å²) in [5.74, 6) is 3.08. The Labute approximate surface area is 830 Å². The Balaban J connectivity index is 0.000000188. The van der Waals surface area contributed by atoms with Crippen molar-refractivity contribution in [3.05, 3.63) is 231 Å². The normalized spacial score (nSPS) is 20.1. The van der Waals surface area contributed by atoms with Crippen molar-refractivity contribution in [2.24, 2.45) is 40.9 Å². The van der Waals surface area contributed by atoms with E-state index in [0.29, 0.717) is 74.0 Å². The molecule has 5 aliphatic heterocycles. The van der Waals surface area contributed by atoms with E-state index >= 15 is 0 Å². The Morgan fingerprint density at radius 1 is 0.496 bits per heavy atom. The van der Waals surface area contributed by atoms with Gasteiger partial charge in [-0.2, -0.15) is 22.5 Å². The number of aryl methyl sites for hydroxylation is 1. The van der Waals surface area contributed by atoms with Gasteiger partial charge in [0.1, 0.15) is 17.2 Å². The Bertz CT molecular complexity index is 5840.